The highest BCUT2D eigenvalue weighted by atomic mass is 35.5. The van der Waals surface area contributed by atoms with Crippen LogP contribution < -0.4 is 14.8 Å². The van der Waals surface area contributed by atoms with Gasteiger partial charge < -0.3 is 24.6 Å². The van der Waals surface area contributed by atoms with Crippen LogP contribution in [0.1, 0.15) is 29.8 Å². The first-order valence-corrected chi connectivity index (χ1v) is 10.6. The van der Waals surface area contributed by atoms with Crippen molar-refractivity contribution in [2.24, 2.45) is 0 Å². The number of anilines is 1. The summed E-state index contributed by atoms with van der Waals surface area (Å²) in [5, 5.41) is 3.47. The summed E-state index contributed by atoms with van der Waals surface area (Å²) in [6, 6.07) is 10.4. The summed E-state index contributed by atoms with van der Waals surface area (Å²) in [6.07, 6.45) is 0.00519. The second-order valence-corrected chi connectivity index (χ2v) is 8.11. The fourth-order valence-corrected chi connectivity index (χ4v) is 3.50. The lowest BCUT2D eigenvalue weighted by Gasteiger charge is -2.34. The van der Waals surface area contributed by atoms with Crippen LogP contribution in [0.15, 0.2) is 36.4 Å². The van der Waals surface area contributed by atoms with Crippen LogP contribution in [0.25, 0.3) is 0 Å². The van der Waals surface area contributed by atoms with Crippen LogP contribution in [-0.4, -0.2) is 61.1 Å². The summed E-state index contributed by atoms with van der Waals surface area (Å²) in [5.41, 5.74) is 2.13. The molecule has 2 aromatic carbocycles. The molecule has 0 atom stereocenters. The summed E-state index contributed by atoms with van der Waals surface area (Å²) in [4.78, 5) is 28.9. The Bertz CT molecular complexity index is 956. The third-order valence-corrected chi connectivity index (χ3v) is 5.46. The minimum Gasteiger partial charge on any atom is -0.493 e. The van der Waals surface area contributed by atoms with Crippen molar-refractivity contribution < 1.29 is 19.1 Å². The summed E-state index contributed by atoms with van der Waals surface area (Å²) in [5.74, 6) is 1.03. The Hall–Kier alpha value is -2.93. The Balaban J connectivity index is 1.59. The number of benzene rings is 2. The maximum Gasteiger partial charge on any atom is 0.321 e. The van der Waals surface area contributed by atoms with Gasteiger partial charge in [0.15, 0.2) is 11.5 Å². The topological polar surface area (TPSA) is 71.1 Å². The van der Waals surface area contributed by atoms with Gasteiger partial charge in [-0.05, 0) is 56.7 Å². The van der Waals surface area contributed by atoms with Crippen molar-refractivity contribution in [1.82, 2.24) is 9.80 Å². The number of aryl methyl sites for hydroxylation is 1. The zero-order valence-corrected chi connectivity index (χ0v) is 19.0. The molecule has 0 aromatic heterocycles. The zero-order valence-electron chi connectivity index (χ0n) is 18.3. The molecule has 0 spiro atoms. The molecule has 1 aliphatic rings. The first-order valence-electron chi connectivity index (χ1n) is 10.2. The molecule has 0 aliphatic carbocycles. The number of urea groups is 1. The minimum atomic E-state index is -0.205. The largest absolute Gasteiger partial charge is 0.493 e. The smallest absolute Gasteiger partial charge is 0.321 e. The minimum absolute atomic E-state index is 0.00519. The lowest BCUT2D eigenvalue weighted by molar-refractivity contribution is 0.0671. The van der Waals surface area contributed by atoms with Gasteiger partial charge in [-0.1, -0.05) is 17.7 Å². The van der Waals surface area contributed by atoms with Crippen LogP contribution in [-0.2, 0) is 0 Å². The van der Waals surface area contributed by atoms with E-state index in [4.69, 9.17) is 21.1 Å². The van der Waals surface area contributed by atoms with Gasteiger partial charge in [-0.3, -0.25) is 4.79 Å². The van der Waals surface area contributed by atoms with Crippen molar-refractivity contribution in [2.75, 3.05) is 38.6 Å². The van der Waals surface area contributed by atoms with Gasteiger partial charge >= 0.3 is 6.03 Å². The number of ether oxygens (including phenoxy) is 2. The van der Waals surface area contributed by atoms with Crippen molar-refractivity contribution in [3.63, 3.8) is 0 Å². The highest BCUT2D eigenvalue weighted by Crippen LogP contribution is 2.29. The first-order chi connectivity index (χ1) is 14.8. The molecular formula is C23H28ClN3O4. The van der Waals surface area contributed by atoms with E-state index in [0.29, 0.717) is 54.0 Å². The van der Waals surface area contributed by atoms with Crippen molar-refractivity contribution in [3.8, 4) is 11.5 Å². The van der Waals surface area contributed by atoms with Gasteiger partial charge in [-0.2, -0.15) is 0 Å². The lowest BCUT2D eigenvalue weighted by atomic mass is 10.1. The average Bonchev–Trinajstić information content (AvgIpc) is 2.75. The number of rotatable bonds is 5. The fourth-order valence-electron chi connectivity index (χ4n) is 3.32. The number of amides is 3. The van der Waals surface area contributed by atoms with E-state index in [2.05, 4.69) is 5.32 Å². The fraction of sp³-hybridized carbons (Fsp3) is 0.391. The second-order valence-electron chi connectivity index (χ2n) is 7.71. The Labute approximate surface area is 187 Å². The van der Waals surface area contributed by atoms with Crippen molar-refractivity contribution in [3.05, 3.63) is 52.5 Å². The molecule has 3 amide bonds. The molecule has 1 aliphatic heterocycles. The molecule has 0 bridgehead atoms. The van der Waals surface area contributed by atoms with Gasteiger partial charge in [0.05, 0.1) is 13.2 Å². The summed E-state index contributed by atoms with van der Waals surface area (Å²) >= 11 is 6.13. The highest BCUT2D eigenvalue weighted by Gasteiger charge is 2.25. The number of carbonyl (C=O) groups excluding carboxylic acids is 2. The number of methoxy groups -OCH3 is 1. The van der Waals surface area contributed by atoms with Crippen LogP contribution in [0.2, 0.25) is 5.02 Å². The van der Waals surface area contributed by atoms with Gasteiger partial charge in [-0.25, -0.2) is 4.79 Å². The molecule has 3 rings (SSSR count). The van der Waals surface area contributed by atoms with Crippen LogP contribution in [0.4, 0.5) is 10.5 Å². The number of piperazine rings is 1. The molecular weight excluding hydrogens is 418 g/mol. The molecule has 2 aromatic rings. The van der Waals surface area contributed by atoms with Crippen LogP contribution in [0, 0.1) is 6.92 Å². The molecule has 31 heavy (non-hydrogen) atoms. The summed E-state index contributed by atoms with van der Waals surface area (Å²) < 4.78 is 11.1. The van der Waals surface area contributed by atoms with E-state index >= 15 is 0 Å². The summed E-state index contributed by atoms with van der Waals surface area (Å²) in [6.45, 7) is 7.57. The number of hydrogen-bond donors (Lipinski definition) is 1. The van der Waals surface area contributed by atoms with E-state index in [-0.39, 0.29) is 18.0 Å². The predicted molar refractivity (Wildman–Crippen MR) is 121 cm³/mol. The van der Waals surface area contributed by atoms with Crippen LogP contribution >= 0.6 is 11.6 Å². The number of nitrogens with one attached hydrogen (secondary N) is 1. The van der Waals surface area contributed by atoms with Crippen LogP contribution in [0.3, 0.4) is 0 Å². The average molecular weight is 446 g/mol. The Morgan fingerprint density at radius 2 is 1.68 bits per heavy atom. The SMILES string of the molecule is COc1cc(C(=O)N2CCN(C(=O)Nc3ccc(C)c(Cl)c3)CC2)ccc1OC(C)C. The Morgan fingerprint density at radius 1 is 1.00 bits per heavy atom. The molecule has 166 valence electrons. The molecule has 1 saturated heterocycles. The van der Waals surface area contributed by atoms with Gasteiger partial charge in [0.25, 0.3) is 5.91 Å². The lowest BCUT2D eigenvalue weighted by Crippen LogP contribution is -2.51. The number of carbonyl (C=O) groups is 2. The molecule has 1 fully saturated rings. The molecule has 0 radical (unpaired) electrons. The molecule has 1 heterocycles. The first kappa shape index (κ1) is 22.7. The molecule has 7 nitrogen and oxygen atoms in total. The van der Waals surface area contributed by atoms with E-state index in [9.17, 15) is 9.59 Å². The monoisotopic (exact) mass is 445 g/mol. The number of hydrogen-bond acceptors (Lipinski definition) is 4. The van der Waals surface area contributed by atoms with E-state index in [0.717, 1.165) is 5.56 Å². The number of halogens is 1. The quantitative estimate of drug-likeness (QED) is 0.738. The van der Waals surface area contributed by atoms with Crippen molar-refractivity contribution >= 4 is 29.2 Å². The predicted octanol–water partition coefficient (Wildman–Crippen LogP) is 4.43. The van der Waals surface area contributed by atoms with Gasteiger partial charge in [0.1, 0.15) is 0 Å². The standard InChI is InChI=1S/C23H28ClN3O4/c1-15(2)31-20-8-6-17(13-21(20)30-4)22(28)26-9-11-27(12-10-26)23(29)25-18-7-5-16(3)19(24)14-18/h5-8,13-15H,9-12H2,1-4H3,(H,25,29). The van der Waals surface area contributed by atoms with E-state index in [1.54, 1.807) is 41.2 Å². The van der Waals surface area contributed by atoms with E-state index in [1.165, 1.54) is 0 Å². The highest BCUT2D eigenvalue weighted by molar-refractivity contribution is 6.31. The molecule has 8 heteroatoms. The Kier molecular flexibility index (Phi) is 7.28. The number of nitrogens with zero attached hydrogens (tertiary/aromatic N) is 2. The van der Waals surface area contributed by atoms with E-state index < -0.39 is 0 Å². The Morgan fingerprint density at radius 3 is 2.29 bits per heavy atom. The van der Waals surface area contributed by atoms with Crippen molar-refractivity contribution in [2.45, 2.75) is 26.9 Å². The maximum atomic E-state index is 12.9. The maximum absolute atomic E-state index is 12.9. The normalized spacial score (nSPS) is 13.9. The zero-order chi connectivity index (χ0) is 22.5. The van der Waals surface area contributed by atoms with Crippen LogP contribution in [0.5, 0.6) is 11.5 Å². The second kappa shape index (κ2) is 9.92. The van der Waals surface area contributed by atoms with Gasteiger partial charge in [-0.15, -0.1) is 0 Å². The molecule has 0 saturated carbocycles. The third kappa shape index (κ3) is 5.61. The third-order valence-electron chi connectivity index (χ3n) is 5.05. The molecule has 0 unspecified atom stereocenters. The summed E-state index contributed by atoms with van der Waals surface area (Å²) in [7, 11) is 1.55. The van der Waals surface area contributed by atoms with Gasteiger partial charge in [0.2, 0.25) is 0 Å². The van der Waals surface area contributed by atoms with Crippen molar-refractivity contribution in [1.29, 1.82) is 0 Å². The van der Waals surface area contributed by atoms with E-state index in [1.807, 2.05) is 32.9 Å². The van der Waals surface area contributed by atoms with Gasteiger partial charge in [0, 0.05) is 42.5 Å². The molecule has 1 N–H and O–H groups in total.